The van der Waals surface area contributed by atoms with E-state index < -0.39 is 0 Å². The topological polar surface area (TPSA) is 12.9 Å². The van der Waals surface area contributed by atoms with E-state index in [1.165, 1.54) is 0 Å². The highest BCUT2D eigenvalue weighted by Crippen LogP contribution is 2.39. The Morgan fingerprint density at radius 3 is 2.35 bits per heavy atom. The number of benzene rings is 1. The zero-order chi connectivity index (χ0) is 12.7. The van der Waals surface area contributed by atoms with E-state index in [4.69, 9.17) is 11.6 Å². The molecule has 0 aliphatic heterocycles. The molecule has 17 heavy (non-hydrogen) atoms. The van der Waals surface area contributed by atoms with Crippen LogP contribution in [0.1, 0.15) is 31.0 Å². The Labute approximate surface area is 123 Å². The molecule has 0 amide bonds. The fourth-order valence-corrected chi connectivity index (χ4v) is 3.65. The number of fused-ring (bicyclic) bond motifs is 1. The third-order valence-corrected chi connectivity index (χ3v) is 4.47. The van der Waals surface area contributed by atoms with Crippen LogP contribution in [0.15, 0.2) is 21.1 Å². The molecule has 90 valence electrons. The van der Waals surface area contributed by atoms with Gasteiger partial charge in [-0.15, -0.1) is 0 Å². The van der Waals surface area contributed by atoms with E-state index in [1.54, 1.807) is 0 Å². The van der Waals surface area contributed by atoms with Gasteiger partial charge >= 0.3 is 0 Å². The molecule has 0 fully saturated rings. The Morgan fingerprint density at radius 1 is 1.18 bits per heavy atom. The maximum atomic E-state index is 6.53. The SMILES string of the molecule is Cc1nc2c(Br)ccc(Br)c2c(Cl)c1C(C)C. The average Bonchev–Trinajstić information content (AvgIpc) is 2.22. The van der Waals surface area contributed by atoms with Crippen molar-refractivity contribution < 1.29 is 0 Å². The number of rotatable bonds is 1. The zero-order valence-corrected chi connectivity index (χ0v) is 13.7. The van der Waals surface area contributed by atoms with Crippen molar-refractivity contribution in [2.45, 2.75) is 26.7 Å². The monoisotopic (exact) mass is 375 g/mol. The normalized spacial score (nSPS) is 11.5. The Morgan fingerprint density at radius 2 is 1.76 bits per heavy atom. The summed E-state index contributed by atoms with van der Waals surface area (Å²) in [4.78, 5) is 4.66. The molecule has 0 aliphatic carbocycles. The lowest BCUT2D eigenvalue weighted by Gasteiger charge is -2.15. The van der Waals surface area contributed by atoms with Crippen LogP contribution in [0, 0.1) is 6.92 Å². The van der Waals surface area contributed by atoms with Crippen LogP contribution >= 0.6 is 43.5 Å². The summed E-state index contributed by atoms with van der Waals surface area (Å²) in [7, 11) is 0. The number of aryl methyl sites for hydroxylation is 1. The maximum absolute atomic E-state index is 6.53. The summed E-state index contributed by atoms with van der Waals surface area (Å²) in [6, 6.07) is 3.96. The molecule has 0 N–H and O–H groups in total. The largest absolute Gasteiger partial charge is 0.251 e. The number of hydrogen-bond donors (Lipinski definition) is 0. The molecule has 2 aromatic rings. The molecule has 1 aromatic carbocycles. The van der Waals surface area contributed by atoms with E-state index in [2.05, 4.69) is 50.7 Å². The molecular weight excluding hydrogens is 365 g/mol. The van der Waals surface area contributed by atoms with Gasteiger partial charge in [0.2, 0.25) is 0 Å². The van der Waals surface area contributed by atoms with E-state index in [9.17, 15) is 0 Å². The van der Waals surface area contributed by atoms with E-state index >= 15 is 0 Å². The van der Waals surface area contributed by atoms with Crippen molar-refractivity contribution in [3.63, 3.8) is 0 Å². The van der Waals surface area contributed by atoms with Gasteiger partial charge in [0, 0.05) is 20.0 Å². The molecule has 0 unspecified atom stereocenters. The summed E-state index contributed by atoms with van der Waals surface area (Å²) >= 11 is 13.6. The molecule has 1 nitrogen and oxygen atoms in total. The minimum Gasteiger partial charge on any atom is -0.251 e. The lowest BCUT2D eigenvalue weighted by atomic mass is 9.99. The van der Waals surface area contributed by atoms with E-state index in [-0.39, 0.29) is 0 Å². The highest BCUT2D eigenvalue weighted by molar-refractivity contribution is 9.11. The van der Waals surface area contributed by atoms with Crippen molar-refractivity contribution in [3.05, 3.63) is 37.4 Å². The molecule has 1 heterocycles. The van der Waals surface area contributed by atoms with Crippen LogP contribution in [-0.4, -0.2) is 4.98 Å². The van der Waals surface area contributed by atoms with Crippen LogP contribution in [0.3, 0.4) is 0 Å². The van der Waals surface area contributed by atoms with Gasteiger partial charge in [-0.3, -0.25) is 4.98 Å². The molecule has 0 spiro atoms. The lowest BCUT2D eigenvalue weighted by Crippen LogP contribution is -1.99. The van der Waals surface area contributed by atoms with Gasteiger partial charge in [0.15, 0.2) is 0 Å². The summed E-state index contributed by atoms with van der Waals surface area (Å²) in [5, 5.41) is 1.78. The first kappa shape index (κ1) is 13.3. The molecule has 0 bridgehead atoms. The second-order valence-electron chi connectivity index (χ2n) is 4.33. The standard InChI is InChI=1S/C13H12Br2ClN/c1-6(2)10-7(3)17-13-9(15)5-4-8(14)11(13)12(10)16/h4-6H,1-3H3. The molecule has 4 heteroatoms. The molecule has 0 radical (unpaired) electrons. The summed E-state index contributed by atoms with van der Waals surface area (Å²) in [5.41, 5.74) is 3.03. The fraction of sp³-hybridized carbons (Fsp3) is 0.308. The number of aromatic nitrogens is 1. The van der Waals surface area contributed by atoms with Crippen molar-refractivity contribution >= 4 is 54.4 Å². The second-order valence-corrected chi connectivity index (χ2v) is 6.42. The fourth-order valence-electron chi connectivity index (χ4n) is 2.05. The van der Waals surface area contributed by atoms with E-state index in [1.807, 2.05) is 19.1 Å². The van der Waals surface area contributed by atoms with Gasteiger partial charge in [0.25, 0.3) is 0 Å². The number of nitrogens with zero attached hydrogens (tertiary/aromatic N) is 1. The predicted molar refractivity (Wildman–Crippen MR) is 81.0 cm³/mol. The highest BCUT2D eigenvalue weighted by atomic mass is 79.9. The van der Waals surface area contributed by atoms with Gasteiger partial charge < -0.3 is 0 Å². The van der Waals surface area contributed by atoms with Crippen molar-refractivity contribution in [3.8, 4) is 0 Å². The van der Waals surface area contributed by atoms with Crippen molar-refractivity contribution in [2.24, 2.45) is 0 Å². The summed E-state index contributed by atoms with van der Waals surface area (Å²) in [6.45, 7) is 6.27. The number of pyridine rings is 1. The van der Waals surface area contributed by atoms with Gasteiger partial charge in [-0.05, 0) is 46.5 Å². The smallest absolute Gasteiger partial charge is 0.0873 e. The van der Waals surface area contributed by atoms with Crippen LogP contribution in [0.25, 0.3) is 10.9 Å². The Balaban J connectivity index is 2.97. The van der Waals surface area contributed by atoms with Gasteiger partial charge in [0.05, 0.1) is 10.5 Å². The molecule has 1 aromatic heterocycles. The van der Waals surface area contributed by atoms with Gasteiger partial charge in [0.1, 0.15) is 0 Å². The third kappa shape index (κ3) is 2.25. The minimum absolute atomic E-state index is 0.366. The van der Waals surface area contributed by atoms with Crippen molar-refractivity contribution in [1.82, 2.24) is 4.98 Å². The van der Waals surface area contributed by atoms with Gasteiger partial charge in [-0.25, -0.2) is 0 Å². The molecule has 0 saturated heterocycles. The minimum atomic E-state index is 0.366. The molecule has 0 atom stereocenters. The Bertz CT molecular complexity index is 594. The van der Waals surface area contributed by atoms with Gasteiger partial charge in [-0.2, -0.15) is 0 Å². The number of hydrogen-bond acceptors (Lipinski definition) is 1. The number of halogens is 3. The summed E-state index contributed by atoms with van der Waals surface area (Å²) in [6.07, 6.45) is 0. The molecule has 2 rings (SSSR count). The van der Waals surface area contributed by atoms with Crippen LogP contribution < -0.4 is 0 Å². The van der Waals surface area contributed by atoms with Crippen LogP contribution in [0.2, 0.25) is 5.02 Å². The van der Waals surface area contributed by atoms with E-state index in [0.29, 0.717) is 5.92 Å². The van der Waals surface area contributed by atoms with E-state index in [0.717, 1.165) is 36.1 Å². The van der Waals surface area contributed by atoms with Crippen LogP contribution in [-0.2, 0) is 0 Å². The van der Waals surface area contributed by atoms with Crippen molar-refractivity contribution in [1.29, 1.82) is 0 Å². The Hall–Kier alpha value is -0.120. The zero-order valence-electron chi connectivity index (χ0n) is 9.81. The van der Waals surface area contributed by atoms with Crippen LogP contribution in [0.4, 0.5) is 0 Å². The quantitative estimate of drug-likeness (QED) is 0.608. The lowest BCUT2D eigenvalue weighted by molar-refractivity contribution is 0.848. The highest BCUT2D eigenvalue weighted by Gasteiger charge is 2.17. The van der Waals surface area contributed by atoms with Crippen LogP contribution in [0.5, 0.6) is 0 Å². The maximum Gasteiger partial charge on any atom is 0.0873 e. The summed E-state index contributed by atoms with van der Waals surface area (Å²) in [5.74, 6) is 0.366. The average molecular weight is 378 g/mol. The second kappa shape index (κ2) is 4.87. The molecule has 0 aliphatic rings. The Kier molecular flexibility index (Phi) is 3.81. The molecular formula is C13H12Br2ClN. The third-order valence-electron chi connectivity index (χ3n) is 2.78. The first-order valence-electron chi connectivity index (χ1n) is 5.37. The first-order chi connectivity index (χ1) is 7.93. The molecule has 0 saturated carbocycles. The van der Waals surface area contributed by atoms with Gasteiger partial charge in [-0.1, -0.05) is 41.4 Å². The summed E-state index contributed by atoms with van der Waals surface area (Å²) < 4.78 is 1.95. The first-order valence-corrected chi connectivity index (χ1v) is 7.33. The van der Waals surface area contributed by atoms with Crippen molar-refractivity contribution in [2.75, 3.05) is 0 Å². The predicted octanol–water partition coefficient (Wildman–Crippen LogP) is 5.85.